The molecular weight excluding hydrogens is 298 g/mol. The summed E-state index contributed by atoms with van der Waals surface area (Å²) in [6, 6.07) is 5.24. The molecule has 0 atom stereocenters. The second kappa shape index (κ2) is 4.64. The SMILES string of the molecule is CS(=O)(=O)n1cc(Cc2c[nH]cn2)c2c(Cl)cccc21. The average Bonchev–Trinajstić information content (AvgIpc) is 2.97. The molecule has 1 aromatic carbocycles. The second-order valence-electron chi connectivity index (χ2n) is 4.58. The van der Waals surface area contributed by atoms with Gasteiger partial charge in [0.25, 0.3) is 0 Å². The van der Waals surface area contributed by atoms with E-state index in [-0.39, 0.29) is 0 Å². The number of halogens is 1. The molecule has 0 aliphatic rings. The minimum atomic E-state index is -3.37. The van der Waals surface area contributed by atoms with E-state index in [4.69, 9.17) is 11.6 Å². The molecule has 0 saturated heterocycles. The highest BCUT2D eigenvalue weighted by Crippen LogP contribution is 2.30. The predicted molar refractivity (Wildman–Crippen MR) is 78.6 cm³/mol. The van der Waals surface area contributed by atoms with Gasteiger partial charge in [-0.3, -0.25) is 0 Å². The molecule has 1 N–H and O–H groups in total. The summed E-state index contributed by atoms with van der Waals surface area (Å²) in [6.07, 6.45) is 6.67. The first-order valence-corrected chi connectivity index (χ1v) is 8.16. The van der Waals surface area contributed by atoms with Crippen LogP contribution in [0.1, 0.15) is 11.3 Å². The van der Waals surface area contributed by atoms with Gasteiger partial charge in [0.05, 0.1) is 28.8 Å². The third kappa shape index (κ3) is 2.21. The van der Waals surface area contributed by atoms with Crippen molar-refractivity contribution in [3.05, 3.63) is 53.2 Å². The Morgan fingerprint density at radius 2 is 2.20 bits per heavy atom. The van der Waals surface area contributed by atoms with Crippen molar-refractivity contribution in [2.75, 3.05) is 6.26 Å². The Morgan fingerprint density at radius 3 is 2.85 bits per heavy atom. The normalized spacial score (nSPS) is 12.1. The maximum Gasteiger partial charge on any atom is 0.236 e. The fourth-order valence-corrected chi connectivity index (χ4v) is 3.40. The van der Waals surface area contributed by atoms with Crippen molar-refractivity contribution in [2.24, 2.45) is 0 Å². The topological polar surface area (TPSA) is 67.8 Å². The Morgan fingerprint density at radius 1 is 1.40 bits per heavy atom. The van der Waals surface area contributed by atoms with Crippen molar-refractivity contribution < 1.29 is 8.42 Å². The van der Waals surface area contributed by atoms with E-state index in [1.807, 2.05) is 0 Å². The molecule has 0 saturated carbocycles. The van der Waals surface area contributed by atoms with Crippen LogP contribution >= 0.6 is 11.6 Å². The molecule has 0 amide bonds. The van der Waals surface area contributed by atoms with E-state index in [0.29, 0.717) is 17.0 Å². The molecule has 2 aromatic heterocycles. The van der Waals surface area contributed by atoms with Crippen molar-refractivity contribution >= 4 is 32.5 Å². The molecule has 104 valence electrons. The van der Waals surface area contributed by atoms with E-state index in [2.05, 4.69) is 9.97 Å². The summed E-state index contributed by atoms with van der Waals surface area (Å²) in [5, 5.41) is 1.29. The molecule has 7 heteroatoms. The number of rotatable bonds is 3. The third-order valence-corrected chi connectivity index (χ3v) is 4.44. The van der Waals surface area contributed by atoms with Crippen LogP contribution in [0.4, 0.5) is 0 Å². The molecule has 0 fully saturated rings. The van der Waals surface area contributed by atoms with Crippen LogP contribution in [0.25, 0.3) is 10.9 Å². The smallest absolute Gasteiger partial charge is 0.236 e. The van der Waals surface area contributed by atoms with Gasteiger partial charge < -0.3 is 4.98 Å². The summed E-state index contributed by atoms with van der Waals surface area (Å²) in [6.45, 7) is 0. The van der Waals surface area contributed by atoms with Gasteiger partial charge in [-0.05, 0) is 17.7 Å². The summed E-state index contributed by atoms with van der Waals surface area (Å²) >= 11 is 6.23. The highest BCUT2D eigenvalue weighted by Gasteiger charge is 2.17. The molecule has 0 spiro atoms. The Labute approximate surface area is 121 Å². The van der Waals surface area contributed by atoms with Crippen LogP contribution in [0.2, 0.25) is 5.02 Å². The average molecular weight is 310 g/mol. The second-order valence-corrected chi connectivity index (χ2v) is 6.85. The van der Waals surface area contributed by atoms with Crippen molar-refractivity contribution in [3.63, 3.8) is 0 Å². The van der Waals surface area contributed by atoms with Crippen LogP contribution in [0.5, 0.6) is 0 Å². The Balaban J connectivity index is 2.27. The molecule has 3 rings (SSSR count). The van der Waals surface area contributed by atoms with Crippen LogP contribution in [-0.2, 0) is 16.4 Å². The molecule has 3 aromatic rings. The van der Waals surface area contributed by atoms with Gasteiger partial charge >= 0.3 is 0 Å². The Bertz CT molecular complexity index is 867. The zero-order valence-corrected chi connectivity index (χ0v) is 12.2. The lowest BCUT2D eigenvalue weighted by Crippen LogP contribution is -2.08. The van der Waals surface area contributed by atoms with Gasteiger partial charge in [-0.25, -0.2) is 17.4 Å². The van der Waals surface area contributed by atoms with E-state index in [1.165, 1.54) is 10.2 Å². The summed E-state index contributed by atoms with van der Waals surface area (Å²) < 4.78 is 25.0. The first kappa shape index (κ1) is 13.2. The molecule has 5 nitrogen and oxygen atoms in total. The van der Waals surface area contributed by atoms with Gasteiger partial charge in [-0.2, -0.15) is 0 Å². The largest absolute Gasteiger partial charge is 0.351 e. The van der Waals surface area contributed by atoms with Gasteiger partial charge in [0.1, 0.15) is 0 Å². The third-order valence-electron chi connectivity index (χ3n) is 3.11. The number of aromatic nitrogens is 3. The number of imidazole rings is 1. The van der Waals surface area contributed by atoms with Crippen LogP contribution in [0.3, 0.4) is 0 Å². The number of fused-ring (bicyclic) bond motifs is 1. The Kier molecular flexibility index (Phi) is 3.07. The lowest BCUT2D eigenvalue weighted by molar-refractivity contribution is 0.595. The number of hydrogen-bond donors (Lipinski definition) is 1. The molecule has 0 aliphatic heterocycles. The zero-order valence-electron chi connectivity index (χ0n) is 10.7. The predicted octanol–water partition coefficient (Wildman–Crippen LogP) is 2.42. The molecule has 2 heterocycles. The van der Waals surface area contributed by atoms with Gasteiger partial charge in [-0.1, -0.05) is 17.7 Å². The fourth-order valence-electron chi connectivity index (χ4n) is 2.28. The van der Waals surface area contributed by atoms with Gasteiger partial charge in [0, 0.05) is 24.2 Å². The maximum absolute atomic E-state index is 11.9. The summed E-state index contributed by atoms with van der Waals surface area (Å²) in [5.74, 6) is 0. The number of benzene rings is 1. The first-order chi connectivity index (χ1) is 9.47. The van der Waals surface area contributed by atoms with Crippen molar-refractivity contribution in [1.29, 1.82) is 0 Å². The fraction of sp³-hybridized carbons (Fsp3) is 0.154. The highest BCUT2D eigenvalue weighted by atomic mass is 35.5. The quantitative estimate of drug-likeness (QED) is 0.808. The van der Waals surface area contributed by atoms with Crippen molar-refractivity contribution in [2.45, 2.75) is 6.42 Å². The van der Waals surface area contributed by atoms with Gasteiger partial charge in [0.15, 0.2) is 0 Å². The summed E-state index contributed by atoms with van der Waals surface area (Å²) in [7, 11) is -3.37. The van der Waals surface area contributed by atoms with Crippen molar-refractivity contribution in [3.8, 4) is 0 Å². The minimum Gasteiger partial charge on any atom is -0.351 e. The van der Waals surface area contributed by atoms with E-state index in [1.54, 1.807) is 36.9 Å². The van der Waals surface area contributed by atoms with Crippen LogP contribution in [0, 0.1) is 0 Å². The van der Waals surface area contributed by atoms with E-state index in [0.717, 1.165) is 16.6 Å². The van der Waals surface area contributed by atoms with E-state index in [9.17, 15) is 8.42 Å². The van der Waals surface area contributed by atoms with E-state index < -0.39 is 10.0 Å². The van der Waals surface area contributed by atoms with Crippen LogP contribution < -0.4 is 0 Å². The molecule has 20 heavy (non-hydrogen) atoms. The number of aromatic amines is 1. The number of hydrogen-bond acceptors (Lipinski definition) is 3. The minimum absolute atomic E-state index is 0.520. The molecule has 0 unspecified atom stereocenters. The molecule has 0 aliphatic carbocycles. The molecule has 0 bridgehead atoms. The summed E-state index contributed by atoms with van der Waals surface area (Å²) in [5.41, 5.74) is 2.26. The number of nitrogens with one attached hydrogen (secondary N) is 1. The molecular formula is C13H12ClN3O2S. The van der Waals surface area contributed by atoms with Gasteiger partial charge in [-0.15, -0.1) is 0 Å². The molecule has 0 radical (unpaired) electrons. The lowest BCUT2D eigenvalue weighted by atomic mass is 10.1. The van der Waals surface area contributed by atoms with E-state index >= 15 is 0 Å². The monoisotopic (exact) mass is 309 g/mol. The first-order valence-electron chi connectivity index (χ1n) is 5.93. The van der Waals surface area contributed by atoms with Crippen LogP contribution in [0.15, 0.2) is 36.9 Å². The van der Waals surface area contributed by atoms with Gasteiger partial charge in [0.2, 0.25) is 10.0 Å². The number of H-pyrrole nitrogens is 1. The highest BCUT2D eigenvalue weighted by molar-refractivity contribution is 7.89. The summed E-state index contributed by atoms with van der Waals surface area (Å²) in [4.78, 5) is 7.04. The van der Waals surface area contributed by atoms with Crippen molar-refractivity contribution in [1.82, 2.24) is 13.9 Å². The standard InChI is InChI=1S/C13H12ClN3O2S/c1-20(18,19)17-7-9(5-10-6-15-8-16-10)13-11(14)3-2-4-12(13)17/h2-4,6-8H,5H2,1H3,(H,15,16). The lowest BCUT2D eigenvalue weighted by Gasteiger charge is -2.01. The maximum atomic E-state index is 11.9. The van der Waals surface area contributed by atoms with Crippen LogP contribution in [-0.4, -0.2) is 28.6 Å². The Hall–Kier alpha value is -1.79. The number of nitrogens with zero attached hydrogens (tertiary/aromatic N) is 2. The zero-order chi connectivity index (χ0) is 14.3.